The van der Waals surface area contributed by atoms with Gasteiger partial charge in [-0.25, -0.2) is 4.79 Å². The molecule has 0 bridgehead atoms. The standard InChI is InChI=1S/C23H20N2O4S/c26-13-14-9-16(12-24-11-14)22-25(18-7-8-29-20-4-2-1-3-17(18)20)19-6-5-15(23(27)28)10-21(19)30-22/h1-6,9-12,18,22,26H,7-8,13H2,(H,27,28). The number of aliphatic hydroxyl groups excluding tert-OH is 1. The predicted octanol–water partition coefficient (Wildman–Crippen LogP) is 4.41. The number of carbonyl (C=O) groups is 1. The first kappa shape index (κ1) is 19.0. The van der Waals surface area contributed by atoms with Gasteiger partial charge in [0.25, 0.3) is 0 Å². The Labute approximate surface area is 178 Å². The van der Waals surface area contributed by atoms with Gasteiger partial charge in [0.15, 0.2) is 0 Å². The molecule has 2 unspecified atom stereocenters. The van der Waals surface area contributed by atoms with Crippen LogP contribution in [0.1, 0.15) is 44.9 Å². The zero-order valence-electron chi connectivity index (χ0n) is 16.1. The number of ether oxygens (including phenoxy) is 1. The molecule has 2 aliphatic rings. The van der Waals surface area contributed by atoms with E-state index in [1.807, 2.05) is 36.5 Å². The molecule has 2 N–H and O–H groups in total. The molecule has 0 amide bonds. The normalized spacial score (nSPS) is 19.7. The number of carboxylic acid groups (broad SMARTS) is 1. The number of aromatic nitrogens is 1. The zero-order chi connectivity index (χ0) is 20.7. The summed E-state index contributed by atoms with van der Waals surface area (Å²) >= 11 is 1.62. The van der Waals surface area contributed by atoms with Gasteiger partial charge in [0.1, 0.15) is 11.1 Å². The number of anilines is 1. The molecular formula is C23H20N2O4S. The van der Waals surface area contributed by atoms with E-state index < -0.39 is 5.97 Å². The van der Waals surface area contributed by atoms with Crippen molar-refractivity contribution in [1.82, 2.24) is 4.98 Å². The number of rotatable bonds is 4. The fourth-order valence-electron chi connectivity index (χ4n) is 4.16. The predicted molar refractivity (Wildman–Crippen MR) is 114 cm³/mol. The van der Waals surface area contributed by atoms with Gasteiger partial charge in [-0.3, -0.25) is 4.98 Å². The summed E-state index contributed by atoms with van der Waals surface area (Å²) in [6, 6.07) is 15.4. The van der Waals surface area contributed by atoms with Crippen LogP contribution in [0, 0.1) is 0 Å². The molecule has 0 radical (unpaired) electrons. The van der Waals surface area contributed by atoms with Crippen LogP contribution in [-0.2, 0) is 6.61 Å². The highest BCUT2D eigenvalue weighted by Gasteiger charge is 2.39. The minimum atomic E-state index is -0.936. The number of carboxylic acids is 1. The van der Waals surface area contributed by atoms with Gasteiger partial charge in [-0.15, -0.1) is 0 Å². The maximum absolute atomic E-state index is 11.5. The summed E-state index contributed by atoms with van der Waals surface area (Å²) in [5.74, 6) is -0.0518. The van der Waals surface area contributed by atoms with E-state index in [-0.39, 0.29) is 23.6 Å². The van der Waals surface area contributed by atoms with E-state index in [1.165, 1.54) is 0 Å². The van der Waals surface area contributed by atoms with Crippen LogP contribution in [-0.4, -0.2) is 27.8 Å². The van der Waals surface area contributed by atoms with Gasteiger partial charge in [0, 0.05) is 34.8 Å². The molecule has 3 heterocycles. The number of para-hydroxylation sites is 1. The highest BCUT2D eigenvalue weighted by molar-refractivity contribution is 8.00. The van der Waals surface area contributed by atoms with E-state index >= 15 is 0 Å². The first-order chi connectivity index (χ1) is 14.7. The maximum atomic E-state index is 11.5. The second kappa shape index (κ2) is 7.66. The van der Waals surface area contributed by atoms with E-state index in [2.05, 4.69) is 16.0 Å². The summed E-state index contributed by atoms with van der Waals surface area (Å²) in [5.41, 5.74) is 4.13. The third kappa shape index (κ3) is 3.20. The third-order valence-electron chi connectivity index (χ3n) is 5.52. The second-order valence-electron chi connectivity index (χ2n) is 7.34. The van der Waals surface area contributed by atoms with E-state index in [0.29, 0.717) is 6.61 Å². The Morgan fingerprint density at radius 1 is 1.20 bits per heavy atom. The van der Waals surface area contributed by atoms with Gasteiger partial charge in [0.05, 0.1) is 30.5 Å². The molecule has 0 aliphatic carbocycles. The summed E-state index contributed by atoms with van der Waals surface area (Å²) in [6.45, 7) is 0.543. The number of hydrogen-bond donors (Lipinski definition) is 2. The average Bonchev–Trinajstić information content (AvgIpc) is 3.17. The van der Waals surface area contributed by atoms with Gasteiger partial charge in [-0.05, 0) is 35.9 Å². The van der Waals surface area contributed by atoms with Crippen LogP contribution in [0.5, 0.6) is 5.75 Å². The van der Waals surface area contributed by atoms with Crippen LogP contribution in [0.2, 0.25) is 0 Å². The first-order valence-corrected chi connectivity index (χ1v) is 10.6. The van der Waals surface area contributed by atoms with Crippen molar-refractivity contribution in [2.24, 2.45) is 0 Å². The molecule has 0 saturated carbocycles. The van der Waals surface area contributed by atoms with Crippen molar-refractivity contribution in [2.45, 2.75) is 29.3 Å². The monoisotopic (exact) mass is 420 g/mol. The molecule has 2 aliphatic heterocycles. The Morgan fingerprint density at radius 2 is 2.07 bits per heavy atom. The van der Waals surface area contributed by atoms with Crippen LogP contribution >= 0.6 is 11.8 Å². The zero-order valence-corrected chi connectivity index (χ0v) is 16.9. The third-order valence-corrected chi connectivity index (χ3v) is 6.83. The molecule has 7 heteroatoms. The van der Waals surface area contributed by atoms with Crippen molar-refractivity contribution >= 4 is 23.4 Å². The summed E-state index contributed by atoms with van der Waals surface area (Å²) in [5, 5.41) is 18.9. The van der Waals surface area contributed by atoms with Gasteiger partial charge in [-0.2, -0.15) is 0 Å². The smallest absolute Gasteiger partial charge is 0.335 e. The average molecular weight is 420 g/mol. The second-order valence-corrected chi connectivity index (χ2v) is 8.46. The van der Waals surface area contributed by atoms with Gasteiger partial charge < -0.3 is 19.8 Å². The van der Waals surface area contributed by atoms with Gasteiger partial charge in [-0.1, -0.05) is 30.0 Å². The first-order valence-electron chi connectivity index (χ1n) is 9.74. The van der Waals surface area contributed by atoms with E-state index in [0.717, 1.165) is 39.4 Å². The molecule has 2 aromatic carbocycles. The van der Waals surface area contributed by atoms with Crippen LogP contribution in [0.4, 0.5) is 5.69 Å². The quantitative estimate of drug-likeness (QED) is 0.647. The molecule has 3 aromatic rings. The van der Waals surface area contributed by atoms with E-state index in [1.54, 1.807) is 30.1 Å². The Morgan fingerprint density at radius 3 is 2.90 bits per heavy atom. The maximum Gasteiger partial charge on any atom is 0.335 e. The Kier molecular flexibility index (Phi) is 4.84. The Bertz CT molecular complexity index is 1120. The van der Waals surface area contributed by atoms with Crippen LogP contribution in [0.25, 0.3) is 0 Å². The Hall–Kier alpha value is -3.03. The SMILES string of the molecule is O=C(O)c1ccc2c(c1)SC(c1cncc(CO)c1)N2C1CCOc2ccccc21. The number of nitrogens with zero attached hydrogens (tertiary/aromatic N) is 2. The summed E-state index contributed by atoms with van der Waals surface area (Å²) < 4.78 is 5.87. The van der Waals surface area contributed by atoms with Gasteiger partial charge >= 0.3 is 5.97 Å². The largest absolute Gasteiger partial charge is 0.493 e. The van der Waals surface area contributed by atoms with Crippen molar-refractivity contribution < 1.29 is 19.7 Å². The molecule has 2 atom stereocenters. The molecule has 5 rings (SSSR count). The van der Waals surface area contributed by atoms with Crippen LogP contribution in [0.3, 0.4) is 0 Å². The molecular weight excluding hydrogens is 400 g/mol. The molecule has 0 fully saturated rings. The lowest BCUT2D eigenvalue weighted by Crippen LogP contribution is -2.32. The van der Waals surface area contributed by atoms with Crippen LogP contribution < -0.4 is 9.64 Å². The highest BCUT2D eigenvalue weighted by atomic mass is 32.2. The van der Waals surface area contributed by atoms with Crippen molar-refractivity contribution in [2.75, 3.05) is 11.5 Å². The topological polar surface area (TPSA) is 82.9 Å². The number of benzene rings is 2. The number of aromatic carboxylic acids is 1. The van der Waals surface area contributed by atoms with E-state index in [4.69, 9.17) is 4.74 Å². The van der Waals surface area contributed by atoms with Crippen LogP contribution in [0.15, 0.2) is 65.8 Å². The lowest BCUT2D eigenvalue weighted by molar-refractivity contribution is 0.0696. The molecule has 152 valence electrons. The number of hydrogen-bond acceptors (Lipinski definition) is 6. The molecule has 6 nitrogen and oxygen atoms in total. The number of fused-ring (bicyclic) bond motifs is 2. The van der Waals surface area contributed by atoms with Gasteiger partial charge in [0.2, 0.25) is 0 Å². The fourth-order valence-corrected chi connectivity index (χ4v) is 5.53. The number of aliphatic hydroxyl groups is 1. The Balaban J connectivity index is 1.64. The highest BCUT2D eigenvalue weighted by Crippen LogP contribution is 2.56. The van der Waals surface area contributed by atoms with Crippen molar-refractivity contribution in [3.05, 3.63) is 83.2 Å². The molecule has 30 heavy (non-hydrogen) atoms. The minimum Gasteiger partial charge on any atom is -0.493 e. The molecule has 0 saturated heterocycles. The van der Waals surface area contributed by atoms with E-state index in [9.17, 15) is 15.0 Å². The molecule has 0 spiro atoms. The number of thioether (sulfide) groups is 1. The summed E-state index contributed by atoms with van der Waals surface area (Å²) in [4.78, 5) is 19.1. The van der Waals surface area contributed by atoms with Crippen molar-refractivity contribution in [3.8, 4) is 5.75 Å². The summed E-state index contributed by atoms with van der Waals surface area (Å²) in [6.07, 6.45) is 4.30. The minimum absolute atomic E-state index is 0.0750. The lowest BCUT2D eigenvalue weighted by Gasteiger charge is -2.38. The lowest BCUT2D eigenvalue weighted by atomic mass is 9.97. The summed E-state index contributed by atoms with van der Waals surface area (Å²) in [7, 11) is 0. The number of pyridine rings is 1. The van der Waals surface area contributed by atoms with Crippen molar-refractivity contribution in [1.29, 1.82) is 0 Å². The fraction of sp³-hybridized carbons (Fsp3) is 0.217. The van der Waals surface area contributed by atoms with Crippen molar-refractivity contribution in [3.63, 3.8) is 0 Å². The molecule has 1 aromatic heterocycles.